The van der Waals surface area contributed by atoms with Gasteiger partial charge in [0.1, 0.15) is 12.4 Å². The van der Waals surface area contributed by atoms with E-state index in [0.717, 1.165) is 0 Å². The molecule has 0 unspecified atom stereocenters. The zero-order valence-corrected chi connectivity index (χ0v) is 10.9. The second kappa shape index (κ2) is 6.00. The van der Waals surface area contributed by atoms with Crippen molar-refractivity contribution in [3.05, 3.63) is 24.3 Å². The van der Waals surface area contributed by atoms with Gasteiger partial charge in [0.15, 0.2) is 0 Å². The number of rotatable bonds is 6. The van der Waals surface area contributed by atoms with Gasteiger partial charge in [0, 0.05) is 20.1 Å². The Labute approximate surface area is 102 Å². The Bertz CT molecular complexity index is 442. The van der Waals surface area contributed by atoms with Crippen LogP contribution in [0.2, 0.25) is 0 Å². The number of hydrogen-bond acceptors (Lipinski definition) is 4. The highest BCUT2D eigenvalue weighted by Crippen LogP contribution is 2.18. The van der Waals surface area contributed by atoms with Crippen molar-refractivity contribution in [1.82, 2.24) is 4.31 Å². The number of ether oxygens (including phenoxy) is 1. The van der Waals surface area contributed by atoms with E-state index in [1.165, 1.54) is 16.4 Å². The van der Waals surface area contributed by atoms with Crippen LogP contribution in [0.15, 0.2) is 29.2 Å². The van der Waals surface area contributed by atoms with E-state index in [0.29, 0.717) is 25.4 Å². The fraction of sp³-hybridized carbons (Fsp3) is 0.455. The van der Waals surface area contributed by atoms with Crippen molar-refractivity contribution in [2.24, 2.45) is 5.73 Å². The summed E-state index contributed by atoms with van der Waals surface area (Å²) in [6.07, 6.45) is 0. The normalized spacial score (nSPS) is 11.8. The van der Waals surface area contributed by atoms with Crippen LogP contribution in [0.25, 0.3) is 0 Å². The molecule has 0 spiro atoms. The summed E-state index contributed by atoms with van der Waals surface area (Å²) in [4.78, 5) is 0.266. The van der Waals surface area contributed by atoms with Gasteiger partial charge < -0.3 is 10.5 Å². The average molecular weight is 258 g/mol. The molecule has 0 heterocycles. The fourth-order valence-electron chi connectivity index (χ4n) is 1.23. The maximum atomic E-state index is 12.0. The summed E-state index contributed by atoms with van der Waals surface area (Å²) in [7, 11) is -1.82. The first-order chi connectivity index (χ1) is 8.02. The molecule has 0 aromatic heterocycles. The second-order valence-electron chi connectivity index (χ2n) is 3.53. The van der Waals surface area contributed by atoms with Crippen molar-refractivity contribution in [3.63, 3.8) is 0 Å². The largest absolute Gasteiger partial charge is 0.492 e. The highest BCUT2D eigenvalue weighted by molar-refractivity contribution is 7.89. The molecule has 1 aromatic carbocycles. The van der Waals surface area contributed by atoms with Crippen molar-refractivity contribution in [1.29, 1.82) is 0 Å². The smallest absolute Gasteiger partial charge is 0.242 e. The summed E-state index contributed by atoms with van der Waals surface area (Å²) in [5.74, 6) is 0.619. The van der Waals surface area contributed by atoms with Crippen LogP contribution in [0.4, 0.5) is 0 Å². The molecule has 0 fully saturated rings. The lowest BCUT2D eigenvalue weighted by molar-refractivity contribution is 0.328. The third kappa shape index (κ3) is 3.42. The maximum Gasteiger partial charge on any atom is 0.242 e. The molecule has 0 bridgehead atoms. The van der Waals surface area contributed by atoms with Gasteiger partial charge in [0.2, 0.25) is 10.0 Å². The Morgan fingerprint density at radius 2 is 1.88 bits per heavy atom. The molecule has 2 N–H and O–H groups in total. The molecule has 0 saturated carbocycles. The van der Waals surface area contributed by atoms with Crippen molar-refractivity contribution < 1.29 is 13.2 Å². The zero-order chi connectivity index (χ0) is 12.9. The number of sulfonamides is 1. The minimum absolute atomic E-state index is 0.266. The van der Waals surface area contributed by atoms with Crippen LogP contribution >= 0.6 is 0 Å². The van der Waals surface area contributed by atoms with Gasteiger partial charge >= 0.3 is 0 Å². The summed E-state index contributed by atoms with van der Waals surface area (Å²) in [6.45, 7) is 3.07. The van der Waals surface area contributed by atoms with Gasteiger partial charge in [-0.2, -0.15) is 0 Å². The molecule has 96 valence electrons. The first-order valence-corrected chi connectivity index (χ1v) is 6.85. The Morgan fingerprint density at radius 1 is 1.29 bits per heavy atom. The molecule has 1 rings (SSSR count). The topological polar surface area (TPSA) is 72.6 Å². The van der Waals surface area contributed by atoms with Crippen LogP contribution in [0.3, 0.4) is 0 Å². The lowest BCUT2D eigenvalue weighted by atomic mass is 10.3. The van der Waals surface area contributed by atoms with Gasteiger partial charge in [0.25, 0.3) is 0 Å². The van der Waals surface area contributed by atoms with Crippen molar-refractivity contribution in [2.75, 3.05) is 26.7 Å². The SMILES string of the molecule is CCN(C)S(=O)(=O)c1ccc(OCCN)cc1. The van der Waals surface area contributed by atoms with E-state index in [2.05, 4.69) is 0 Å². The molecular weight excluding hydrogens is 240 g/mol. The fourth-order valence-corrected chi connectivity index (χ4v) is 2.41. The molecule has 0 amide bonds. The van der Waals surface area contributed by atoms with E-state index >= 15 is 0 Å². The van der Waals surface area contributed by atoms with Crippen molar-refractivity contribution in [2.45, 2.75) is 11.8 Å². The monoisotopic (exact) mass is 258 g/mol. The number of nitrogens with two attached hydrogens (primary N) is 1. The number of hydrogen-bond donors (Lipinski definition) is 1. The Morgan fingerprint density at radius 3 is 2.35 bits per heavy atom. The quantitative estimate of drug-likeness (QED) is 0.813. The minimum atomic E-state index is -3.37. The summed E-state index contributed by atoms with van der Waals surface area (Å²) in [5, 5.41) is 0. The Balaban J connectivity index is 2.87. The maximum absolute atomic E-state index is 12.0. The van der Waals surface area contributed by atoms with Gasteiger partial charge in [-0.15, -0.1) is 0 Å². The summed E-state index contributed by atoms with van der Waals surface area (Å²) >= 11 is 0. The van der Waals surface area contributed by atoms with E-state index < -0.39 is 10.0 Å². The molecule has 1 aromatic rings. The zero-order valence-electron chi connectivity index (χ0n) is 10.1. The number of benzene rings is 1. The van der Waals surface area contributed by atoms with E-state index in [4.69, 9.17) is 10.5 Å². The van der Waals surface area contributed by atoms with E-state index in [9.17, 15) is 8.42 Å². The van der Waals surface area contributed by atoms with E-state index in [-0.39, 0.29) is 4.90 Å². The van der Waals surface area contributed by atoms with Gasteiger partial charge in [-0.1, -0.05) is 6.92 Å². The van der Waals surface area contributed by atoms with Gasteiger partial charge in [0.05, 0.1) is 4.90 Å². The summed E-state index contributed by atoms with van der Waals surface area (Å²) < 4.78 is 30.5. The second-order valence-corrected chi connectivity index (χ2v) is 5.57. The first-order valence-electron chi connectivity index (χ1n) is 5.41. The Hall–Kier alpha value is -1.11. The van der Waals surface area contributed by atoms with Gasteiger partial charge in [-0.25, -0.2) is 12.7 Å². The molecule has 0 saturated heterocycles. The predicted molar refractivity (Wildman–Crippen MR) is 66.5 cm³/mol. The van der Waals surface area contributed by atoms with Crippen LogP contribution in [-0.4, -0.2) is 39.5 Å². The van der Waals surface area contributed by atoms with E-state index in [1.807, 2.05) is 0 Å². The Kier molecular flexibility index (Phi) is 4.92. The van der Waals surface area contributed by atoms with Crippen LogP contribution < -0.4 is 10.5 Å². The lowest BCUT2D eigenvalue weighted by Gasteiger charge is -2.15. The van der Waals surface area contributed by atoms with Crippen LogP contribution in [0.5, 0.6) is 5.75 Å². The van der Waals surface area contributed by atoms with E-state index in [1.54, 1.807) is 26.1 Å². The van der Waals surface area contributed by atoms with Crippen molar-refractivity contribution >= 4 is 10.0 Å². The number of nitrogens with zero attached hydrogens (tertiary/aromatic N) is 1. The van der Waals surface area contributed by atoms with Crippen molar-refractivity contribution in [3.8, 4) is 5.75 Å². The summed E-state index contributed by atoms with van der Waals surface area (Å²) in [6, 6.07) is 6.33. The molecule has 0 aliphatic carbocycles. The minimum Gasteiger partial charge on any atom is -0.492 e. The van der Waals surface area contributed by atoms with Gasteiger partial charge in [-0.05, 0) is 24.3 Å². The molecule has 0 atom stereocenters. The summed E-state index contributed by atoms with van der Waals surface area (Å²) in [5.41, 5.74) is 5.31. The third-order valence-corrected chi connectivity index (χ3v) is 4.31. The van der Waals surface area contributed by atoms with Crippen LogP contribution in [-0.2, 0) is 10.0 Å². The van der Waals surface area contributed by atoms with Crippen LogP contribution in [0, 0.1) is 0 Å². The molecule has 0 radical (unpaired) electrons. The van der Waals surface area contributed by atoms with Gasteiger partial charge in [-0.3, -0.25) is 0 Å². The first kappa shape index (κ1) is 14.0. The third-order valence-electron chi connectivity index (χ3n) is 2.36. The highest BCUT2D eigenvalue weighted by Gasteiger charge is 2.18. The molecule has 5 nitrogen and oxygen atoms in total. The predicted octanol–water partition coefficient (Wildman–Crippen LogP) is 0.664. The molecule has 0 aliphatic rings. The molecule has 6 heteroatoms. The average Bonchev–Trinajstić information content (AvgIpc) is 2.35. The standard InChI is InChI=1S/C11H18N2O3S/c1-3-13(2)17(14,15)11-6-4-10(5-7-11)16-9-8-12/h4-7H,3,8-9,12H2,1-2H3. The van der Waals surface area contributed by atoms with Crippen LogP contribution in [0.1, 0.15) is 6.92 Å². The molecular formula is C11H18N2O3S. The highest BCUT2D eigenvalue weighted by atomic mass is 32.2. The molecule has 0 aliphatic heterocycles. The lowest BCUT2D eigenvalue weighted by Crippen LogP contribution is -2.26. The molecule has 17 heavy (non-hydrogen) atoms.